The van der Waals surface area contributed by atoms with E-state index in [4.69, 9.17) is 4.42 Å². The molecule has 0 radical (unpaired) electrons. The molecule has 0 unspecified atom stereocenters. The topological polar surface area (TPSA) is 16.4 Å². The molecular weight excluding hydrogens is 655 g/mol. The number of nitrogens with zero attached hydrogens (tertiary/aromatic N) is 1. The molecule has 0 aliphatic rings. The molecule has 54 heavy (non-hydrogen) atoms. The van der Waals surface area contributed by atoms with Gasteiger partial charge in [0.25, 0.3) is 0 Å². The van der Waals surface area contributed by atoms with Gasteiger partial charge in [-0.25, -0.2) is 0 Å². The molecule has 0 aliphatic heterocycles. The fourth-order valence-corrected chi connectivity index (χ4v) is 7.73. The Morgan fingerprint density at radius 1 is 0.296 bits per heavy atom. The van der Waals surface area contributed by atoms with Crippen LogP contribution in [0.2, 0.25) is 0 Å². The summed E-state index contributed by atoms with van der Waals surface area (Å²) in [4.78, 5) is 2.35. The molecule has 2 heteroatoms. The molecule has 0 saturated heterocycles. The van der Waals surface area contributed by atoms with Gasteiger partial charge in [-0.2, -0.15) is 0 Å². The summed E-state index contributed by atoms with van der Waals surface area (Å²) in [6.45, 7) is 0. The summed E-state index contributed by atoms with van der Waals surface area (Å²) < 4.78 is 6.36. The van der Waals surface area contributed by atoms with Crippen LogP contribution in [0, 0.1) is 0 Å². The van der Waals surface area contributed by atoms with Gasteiger partial charge >= 0.3 is 0 Å². The van der Waals surface area contributed by atoms with Crippen LogP contribution in [0.4, 0.5) is 17.1 Å². The van der Waals surface area contributed by atoms with Crippen LogP contribution >= 0.6 is 0 Å². The first-order valence-electron chi connectivity index (χ1n) is 18.4. The first kappa shape index (κ1) is 31.6. The lowest BCUT2D eigenvalue weighted by molar-refractivity contribution is 0.669. The maximum Gasteiger partial charge on any atom is 0.137 e. The van der Waals surface area contributed by atoms with Gasteiger partial charge in [0.2, 0.25) is 0 Å². The van der Waals surface area contributed by atoms with Crippen molar-refractivity contribution in [2.75, 3.05) is 4.90 Å². The second-order valence-corrected chi connectivity index (χ2v) is 13.8. The lowest BCUT2D eigenvalue weighted by atomic mass is 9.97. The molecular formula is C52H35NO. The van der Waals surface area contributed by atoms with E-state index in [-0.39, 0.29) is 0 Å². The Balaban J connectivity index is 1.05. The largest absolute Gasteiger partial charge is 0.456 e. The highest BCUT2D eigenvalue weighted by molar-refractivity contribution is 6.13. The lowest BCUT2D eigenvalue weighted by Gasteiger charge is -2.26. The summed E-state index contributed by atoms with van der Waals surface area (Å²) >= 11 is 0. The van der Waals surface area contributed by atoms with Gasteiger partial charge in [0.15, 0.2) is 0 Å². The predicted molar refractivity (Wildman–Crippen MR) is 228 cm³/mol. The third kappa shape index (κ3) is 5.81. The van der Waals surface area contributed by atoms with E-state index in [1.165, 1.54) is 55.3 Å². The van der Waals surface area contributed by atoms with E-state index in [1.807, 2.05) is 12.1 Å². The zero-order chi connectivity index (χ0) is 35.8. The minimum atomic E-state index is 0.871. The zero-order valence-corrected chi connectivity index (χ0v) is 29.6. The van der Waals surface area contributed by atoms with Crippen molar-refractivity contribution in [3.05, 3.63) is 212 Å². The monoisotopic (exact) mass is 689 g/mol. The number of hydrogen-bond acceptors (Lipinski definition) is 2. The zero-order valence-electron chi connectivity index (χ0n) is 29.6. The Hall–Kier alpha value is -7.16. The van der Waals surface area contributed by atoms with Crippen LogP contribution in [0.15, 0.2) is 217 Å². The molecule has 2 nitrogen and oxygen atoms in total. The van der Waals surface area contributed by atoms with Crippen molar-refractivity contribution in [3.8, 4) is 44.5 Å². The number of hydrogen-bond donors (Lipinski definition) is 0. The van der Waals surface area contributed by atoms with Crippen molar-refractivity contribution < 1.29 is 4.42 Å². The van der Waals surface area contributed by atoms with Gasteiger partial charge in [-0.3, -0.25) is 0 Å². The molecule has 254 valence electrons. The Labute approximate surface area is 314 Å². The molecule has 0 fully saturated rings. The van der Waals surface area contributed by atoms with Crippen molar-refractivity contribution in [1.29, 1.82) is 0 Å². The summed E-state index contributed by atoms with van der Waals surface area (Å²) in [7, 11) is 0. The van der Waals surface area contributed by atoms with Gasteiger partial charge in [-0.1, -0.05) is 152 Å². The van der Waals surface area contributed by atoms with Gasteiger partial charge < -0.3 is 9.32 Å². The van der Waals surface area contributed by atoms with E-state index in [1.54, 1.807) is 0 Å². The van der Waals surface area contributed by atoms with Crippen LogP contribution in [-0.2, 0) is 0 Å². The standard InChI is InChI=1S/C52H35NO/c1-2-11-36(12-3-1)41-15-8-16-42(33-41)38-25-29-46(30-26-38)53(49-20-10-22-51-52(49)48-19-6-7-21-50(48)54-51)47-31-27-39(28-32-47)43-17-9-18-44(34-43)45-24-23-37-13-4-5-14-40(37)35-45/h1-35H. The summed E-state index contributed by atoms with van der Waals surface area (Å²) in [6, 6.07) is 75.9. The van der Waals surface area contributed by atoms with Gasteiger partial charge in [0, 0.05) is 16.8 Å². The molecule has 0 saturated carbocycles. The highest BCUT2D eigenvalue weighted by Gasteiger charge is 2.19. The summed E-state index contributed by atoms with van der Waals surface area (Å²) in [5.41, 5.74) is 14.5. The average Bonchev–Trinajstić information content (AvgIpc) is 3.64. The van der Waals surface area contributed by atoms with Gasteiger partial charge in [-0.05, 0) is 116 Å². The van der Waals surface area contributed by atoms with Crippen molar-refractivity contribution >= 4 is 49.8 Å². The lowest BCUT2D eigenvalue weighted by Crippen LogP contribution is -2.10. The molecule has 1 heterocycles. The number of para-hydroxylation sites is 1. The SMILES string of the molecule is c1ccc(-c2cccc(-c3ccc(N(c4ccc(-c5cccc(-c6ccc7ccccc7c6)c5)cc4)c4cccc5oc6ccccc6c45)cc3)c2)cc1. The molecule has 0 N–H and O–H groups in total. The molecule has 9 aromatic carbocycles. The number of fused-ring (bicyclic) bond motifs is 4. The Morgan fingerprint density at radius 2 is 0.759 bits per heavy atom. The smallest absolute Gasteiger partial charge is 0.137 e. The van der Waals surface area contributed by atoms with Crippen LogP contribution < -0.4 is 4.90 Å². The van der Waals surface area contributed by atoms with Crippen LogP contribution in [0.3, 0.4) is 0 Å². The first-order chi connectivity index (χ1) is 26.7. The quantitative estimate of drug-likeness (QED) is 0.166. The Morgan fingerprint density at radius 3 is 1.43 bits per heavy atom. The average molecular weight is 690 g/mol. The van der Waals surface area contributed by atoms with E-state index in [0.717, 1.165) is 39.0 Å². The summed E-state index contributed by atoms with van der Waals surface area (Å²) in [5, 5.41) is 4.70. The molecule has 0 bridgehead atoms. The minimum absolute atomic E-state index is 0.871. The third-order valence-electron chi connectivity index (χ3n) is 10.5. The van der Waals surface area contributed by atoms with Crippen LogP contribution in [0.1, 0.15) is 0 Å². The van der Waals surface area contributed by atoms with E-state index in [9.17, 15) is 0 Å². The van der Waals surface area contributed by atoms with Gasteiger partial charge in [-0.15, -0.1) is 0 Å². The Kier molecular flexibility index (Phi) is 7.85. The number of benzene rings is 9. The molecule has 1 aromatic heterocycles. The maximum atomic E-state index is 6.36. The highest BCUT2D eigenvalue weighted by atomic mass is 16.3. The maximum absolute atomic E-state index is 6.36. The molecule has 10 rings (SSSR count). The number of rotatable bonds is 7. The molecule has 0 atom stereocenters. The molecule has 0 aliphatic carbocycles. The van der Waals surface area contributed by atoms with Crippen molar-refractivity contribution in [1.82, 2.24) is 0 Å². The van der Waals surface area contributed by atoms with Crippen LogP contribution in [0.5, 0.6) is 0 Å². The fraction of sp³-hybridized carbons (Fsp3) is 0. The van der Waals surface area contributed by atoms with Crippen LogP contribution in [-0.4, -0.2) is 0 Å². The van der Waals surface area contributed by atoms with Gasteiger partial charge in [0.1, 0.15) is 11.2 Å². The minimum Gasteiger partial charge on any atom is -0.456 e. The Bertz CT molecular complexity index is 2920. The van der Waals surface area contributed by atoms with E-state index in [0.29, 0.717) is 0 Å². The van der Waals surface area contributed by atoms with Crippen molar-refractivity contribution in [2.45, 2.75) is 0 Å². The second kappa shape index (κ2) is 13.4. The third-order valence-corrected chi connectivity index (χ3v) is 10.5. The fourth-order valence-electron chi connectivity index (χ4n) is 7.73. The molecule has 0 amide bonds. The van der Waals surface area contributed by atoms with Crippen LogP contribution in [0.25, 0.3) is 77.2 Å². The van der Waals surface area contributed by atoms with Gasteiger partial charge in [0.05, 0.1) is 11.1 Å². The second-order valence-electron chi connectivity index (χ2n) is 13.8. The normalized spacial score (nSPS) is 11.3. The number of anilines is 3. The molecule has 10 aromatic rings. The highest BCUT2D eigenvalue weighted by Crippen LogP contribution is 2.44. The predicted octanol–water partition coefficient (Wildman–Crippen LogP) is 14.9. The van der Waals surface area contributed by atoms with Crippen molar-refractivity contribution in [2.24, 2.45) is 0 Å². The van der Waals surface area contributed by atoms with Crippen molar-refractivity contribution in [3.63, 3.8) is 0 Å². The van der Waals surface area contributed by atoms with E-state index in [2.05, 4.69) is 205 Å². The molecule has 0 spiro atoms. The number of furan rings is 1. The summed E-state index contributed by atoms with van der Waals surface area (Å²) in [5.74, 6) is 0. The van der Waals surface area contributed by atoms with E-state index < -0.39 is 0 Å². The first-order valence-corrected chi connectivity index (χ1v) is 18.4. The summed E-state index contributed by atoms with van der Waals surface area (Å²) in [6.07, 6.45) is 0. The van der Waals surface area contributed by atoms with E-state index >= 15 is 0 Å².